The van der Waals surface area contributed by atoms with Crippen LogP contribution in [0.5, 0.6) is 0 Å². The maximum absolute atomic E-state index is 5.02. The van der Waals surface area contributed by atoms with Crippen molar-refractivity contribution in [2.45, 2.75) is 19.3 Å². The quantitative estimate of drug-likeness (QED) is 0.200. The number of rotatable bonds is 4. The van der Waals surface area contributed by atoms with Crippen LogP contribution < -0.4 is 0 Å². The van der Waals surface area contributed by atoms with E-state index in [9.17, 15) is 0 Å². The van der Waals surface area contributed by atoms with E-state index in [0.29, 0.717) is 0 Å². The first kappa shape index (κ1) is 26.7. The minimum atomic E-state index is -0.103. The molecule has 2 nitrogen and oxygen atoms in total. The van der Waals surface area contributed by atoms with E-state index in [2.05, 4.69) is 170 Å². The smallest absolute Gasteiger partial charge is 0.145 e. The molecule has 7 aromatic carbocycles. The number of hydrogen-bond donors (Lipinski definition) is 0. The molecule has 218 valence electrons. The van der Waals surface area contributed by atoms with Crippen LogP contribution >= 0.6 is 0 Å². The molecule has 0 fully saturated rings. The molecule has 46 heavy (non-hydrogen) atoms. The minimum absolute atomic E-state index is 0.103. The Hall–Kier alpha value is -5.73. The van der Waals surface area contributed by atoms with E-state index in [1.54, 1.807) is 0 Å². The van der Waals surface area contributed by atoms with Gasteiger partial charge in [-0.3, -0.25) is 4.57 Å². The van der Waals surface area contributed by atoms with Crippen molar-refractivity contribution in [3.8, 4) is 50.5 Å². The molecular weight excluding hydrogens is 556 g/mol. The summed E-state index contributed by atoms with van der Waals surface area (Å²) in [6.45, 7) is 4.73. The second-order valence-corrected chi connectivity index (χ2v) is 12.9. The van der Waals surface area contributed by atoms with Gasteiger partial charge in [-0.05, 0) is 97.7 Å². The Morgan fingerprint density at radius 3 is 1.76 bits per heavy atom. The first-order valence-corrected chi connectivity index (χ1v) is 16.0. The lowest BCUT2D eigenvalue weighted by molar-refractivity contribution is 0.661. The van der Waals surface area contributed by atoms with Gasteiger partial charge in [0, 0.05) is 16.7 Å². The number of nitrogens with zero attached hydrogens (tertiary/aromatic N) is 2. The van der Waals surface area contributed by atoms with Crippen LogP contribution in [0.4, 0.5) is 0 Å². The number of fused-ring (bicyclic) bond motifs is 5. The van der Waals surface area contributed by atoms with Crippen molar-refractivity contribution in [1.29, 1.82) is 0 Å². The van der Waals surface area contributed by atoms with Gasteiger partial charge in [0.2, 0.25) is 0 Å². The van der Waals surface area contributed by atoms with Gasteiger partial charge in [0.1, 0.15) is 5.82 Å². The Kier molecular flexibility index (Phi) is 5.88. The monoisotopic (exact) mass is 588 g/mol. The summed E-state index contributed by atoms with van der Waals surface area (Å²) in [6, 6.07) is 57.1. The number of imidazole rings is 1. The molecule has 1 aromatic heterocycles. The van der Waals surface area contributed by atoms with Gasteiger partial charge in [-0.25, -0.2) is 4.98 Å². The van der Waals surface area contributed by atoms with Gasteiger partial charge in [0.15, 0.2) is 0 Å². The fourth-order valence-electron chi connectivity index (χ4n) is 7.34. The molecule has 9 rings (SSSR count). The average Bonchev–Trinajstić information content (AvgIpc) is 3.61. The van der Waals surface area contributed by atoms with Crippen LogP contribution in [0.3, 0.4) is 0 Å². The Morgan fingerprint density at radius 2 is 1.02 bits per heavy atom. The van der Waals surface area contributed by atoms with Gasteiger partial charge in [-0.1, -0.05) is 129 Å². The second-order valence-electron chi connectivity index (χ2n) is 12.9. The Bertz CT molecular complexity index is 2430. The third kappa shape index (κ3) is 4.14. The summed E-state index contributed by atoms with van der Waals surface area (Å²) < 4.78 is 2.27. The number of aromatic nitrogens is 2. The fraction of sp³-hybridized carbons (Fsp3) is 0.0682. The minimum Gasteiger partial charge on any atom is -0.292 e. The van der Waals surface area contributed by atoms with Crippen LogP contribution in [-0.4, -0.2) is 9.55 Å². The molecule has 0 unspecified atom stereocenters. The molecule has 0 radical (unpaired) electrons. The molecule has 0 atom stereocenters. The lowest BCUT2D eigenvalue weighted by Crippen LogP contribution is -2.15. The van der Waals surface area contributed by atoms with Crippen LogP contribution in [0.1, 0.15) is 25.0 Å². The zero-order valence-electron chi connectivity index (χ0n) is 25.9. The zero-order chi connectivity index (χ0) is 30.8. The Balaban J connectivity index is 1.08. The first-order chi connectivity index (χ1) is 22.5. The van der Waals surface area contributed by atoms with E-state index >= 15 is 0 Å². The summed E-state index contributed by atoms with van der Waals surface area (Å²) in [7, 11) is 0. The molecule has 0 bridgehead atoms. The lowest BCUT2D eigenvalue weighted by atomic mass is 9.81. The van der Waals surface area contributed by atoms with Gasteiger partial charge in [0.25, 0.3) is 0 Å². The van der Waals surface area contributed by atoms with E-state index in [0.717, 1.165) is 28.1 Å². The van der Waals surface area contributed by atoms with Crippen LogP contribution in [0.15, 0.2) is 158 Å². The predicted octanol–water partition coefficient (Wildman–Crippen LogP) is 11.5. The molecule has 0 aliphatic heterocycles. The summed E-state index contributed by atoms with van der Waals surface area (Å²) in [6.07, 6.45) is 0. The summed E-state index contributed by atoms with van der Waals surface area (Å²) in [5.74, 6) is 0.953. The molecule has 0 N–H and O–H groups in total. The summed E-state index contributed by atoms with van der Waals surface area (Å²) in [5.41, 5.74) is 14.6. The highest BCUT2D eigenvalue weighted by molar-refractivity contribution is 5.90. The fourth-order valence-corrected chi connectivity index (χ4v) is 7.34. The van der Waals surface area contributed by atoms with Gasteiger partial charge in [0.05, 0.1) is 11.0 Å². The molecule has 0 saturated carbocycles. The predicted molar refractivity (Wildman–Crippen MR) is 192 cm³/mol. The third-order valence-corrected chi connectivity index (χ3v) is 9.81. The van der Waals surface area contributed by atoms with Crippen LogP contribution in [0.2, 0.25) is 0 Å². The summed E-state index contributed by atoms with van der Waals surface area (Å²) >= 11 is 0. The van der Waals surface area contributed by atoms with Crippen LogP contribution in [0, 0.1) is 0 Å². The van der Waals surface area contributed by atoms with E-state index in [1.165, 1.54) is 55.3 Å². The topological polar surface area (TPSA) is 17.8 Å². The van der Waals surface area contributed by atoms with Crippen molar-refractivity contribution in [2.24, 2.45) is 0 Å². The number of hydrogen-bond acceptors (Lipinski definition) is 1. The van der Waals surface area contributed by atoms with Crippen molar-refractivity contribution in [3.63, 3.8) is 0 Å². The van der Waals surface area contributed by atoms with Crippen molar-refractivity contribution in [1.82, 2.24) is 9.55 Å². The molecule has 0 spiro atoms. The number of para-hydroxylation sites is 2. The highest BCUT2D eigenvalue weighted by Gasteiger charge is 2.35. The molecule has 0 amide bonds. The maximum Gasteiger partial charge on any atom is 0.145 e. The third-order valence-electron chi connectivity index (χ3n) is 9.81. The molecule has 2 heteroatoms. The average molecular weight is 589 g/mol. The molecule has 1 aliphatic rings. The van der Waals surface area contributed by atoms with Gasteiger partial charge in [-0.2, -0.15) is 0 Å². The van der Waals surface area contributed by atoms with E-state index < -0.39 is 0 Å². The van der Waals surface area contributed by atoms with E-state index in [-0.39, 0.29) is 5.41 Å². The molecule has 8 aromatic rings. The standard InChI is InChI=1S/C44H32N2/c1-44(2)39-27-34(20-24-37(39)38-25-21-35(28-40(38)44)33-17-16-29-10-6-7-13-32(29)26-33)30-18-22-36(23-19-30)46-42-15-9-8-14-41(42)45-43(46)31-11-4-3-5-12-31/h3-28H,1-2H3. The lowest BCUT2D eigenvalue weighted by Gasteiger charge is -2.22. The summed E-state index contributed by atoms with van der Waals surface area (Å²) in [5, 5.41) is 2.55. The highest BCUT2D eigenvalue weighted by atomic mass is 15.1. The van der Waals surface area contributed by atoms with Crippen molar-refractivity contribution >= 4 is 21.8 Å². The molecule has 1 aliphatic carbocycles. The molecule has 0 saturated heterocycles. The van der Waals surface area contributed by atoms with Crippen molar-refractivity contribution < 1.29 is 0 Å². The largest absolute Gasteiger partial charge is 0.292 e. The van der Waals surface area contributed by atoms with Gasteiger partial charge in [-0.15, -0.1) is 0 Å². The Morgan fingerprint density at radius 1 is 0.457 bits per heavy atom. The van der Waals surface area contributed by atoms with Gasteiger partial charge >= 0.3 is 0 Å². The first-order valence-electron chi connectivity index (χ1n) is 16.0. The van der Waals surface area contributed by atoms with Gasteiger partial charge < -0.3 is 0 Å². The van der Waals surface area contributed by atoms with E-state index in [1.807, 2.05) is 6.07 Å². The number of benzene rings is 7. The van der Waals surface area contributed by atoms with Crippen molar-refractivity contribution in [3.05, 3.63) is 169 Å². The maximum atomic E-state index is 5.02. The SMILES string of the molecule is CC1(C)c2cc(-c3ccc(-n4c(-c5ccccc5)nc5ccccc54)cc3)ccc2-c2ccc(-c3ccc4ccccc4c3)cc21. The molecular formula is C44H32N2. The summed E-state index contributed by atoms with van der Waals surface area (Å²) in [4.78, 5) is 5.02. The van der Waals surface area contributed by atoms with Crippen LogP contribution in [0.25, 0.3) is 72.3 Å². The zero-order valence-corrected chi connectivity index (χ0v) is 25.9. The Labute approximate surface area is 269 Å². The second kappa shape index (κ2) is 10.2. The molecule has 1 heterocycles. The van der Waals surface area contributed by atoms with Crippen molar-refractivity contribution in [2.75, 3.05) is 0 Å². The normalized spacial score (nSPS) is 13.2. The van der Waals surface area contributed by atoms with E-state index in [4.69, 9.17) is 4.98 Å². The van der Waals surface area contributed by atoms with Crippen LogP contribution in [-0.2, 0) is 5.41 Å². The highest BCUT2D eigenvalue weighted by Crippen LogP contribution is 2.50.